The summed E-state index contributed by atoms with van der Waals surface area (Å²) in [7, 11) is 0. The molecule has 4 aromatic rings. The van der Waals surface area contributed by atoms with Gasteiger partial charge in [0.2, 0.25) is 0 Å². The minimum atomic E-state index is -0.309. The van der Waals surface area contributed by atoms with E-state index in [2.05, 4.69) is 28.6 Å². The fraction of sp³-hybridized carbons (Fsp3) is 0.125. The predicted octanol–water partition coefficient (Wildman–Crippen LogP) is 5.62. The Labute approximate surface area is 190 Å². The van der Waals surface area contributed by atoms with E-state index < -0.39 is 0 Å². The number of aromatic nitrogens is 1. The quantitative estimate of drug-likeness (QED) is 0.389. The van der Waals surface area contributed by atoms with Gasteiger partial charge in [-0.05, 0) is 61.0 Å². The average Bonchev–Trinajstić information content (AvgIpc) is 3.21. The van der Waals surface area contributed by atoms with Gasteiger partial charge in [-0.1, -0.05) is 59.9 Å². The van der Waals surface area contributed by atoms with E-state index in [1.165, 1.54) is 11.3 Å². The Kier molecular flexibility index (Phi) is 6.25. The summed E-state index contributed by atoms with van der Waals surface area (Å²) in [5, 5.41) is 6.59. The van der Waals surface area contributed by atoms with Crippen LogP contribution in [-0.4, -0.2) is 16.0 Å². The monoisotopic (exact) mass is 447 g/mol. The number of carbonyl (C=O) groups excluding carboxylic acids is 1. The van der Waals surface area contributed by atoms with E-state index in [0.29, 0.717) is 23.1 Å². The van der Waals surface area contributed by atoms with Crippen LogP contribution in [0.3, 0.4) is 0 Å². The van der Waals surface area contributed by atoms with Gasteiger partial charge in [-0.3, -0.25) is 10.1 Å². The van der Waals surface area contributed by atoms with Crippen molar-refractivity contribution >= 4 is 49.9 Å². The number of thiazole rings is 1. The van der Waals surface area contributed by atoms with Gasteiger partial charge in [0.1, 0.15) is 12.4 Å². The Morgan fingerprint density at radius 1 is 1.03 bits per heavy atom. The first-order chi connectivity index (χ1) is 15.0. The van der Waals surface area contributed by atoms with Gasteiger partial charge in [0, 0.05) is 5.56 Å². The van der Waals surface area contributed by atoms with E-state index in [4.69, 9.17) is 17.0 Å². The lowest BCUT2D eigenvalue weighted by molar-refractivity contribution is 0.0977. The molecular formula is C24H21N3O2S2. The smallest absolute Gasteiger partial charge is 0.257 e. The second-order valence-corrected chi connectivity index (χ2v) is 8.51. The number of fused-ring (bicyclic) bond motifs is 1. The maximum Gasteiger partial charge on any atom is 0.257 e. The van der Waals surface area contributed by atoms with Crippen molar-refractivity contribution in [3.05, 3.63) is 89.0 Å². The van der Waals surface area contributed by atoms with E-state index in [9.17, 15) is 4.79 Å². The second kappa shape index (κ2) is 9.24. The zero-order chi connectivity index (χ0) is 21.8. The van der Waals surface area contributed by atoms with Gasteiger partial charge in [0.15, 0.2) is 10.2 Å². The number of benzene rings is 3. The third kappa shape index (κ3) is 5.07. The summed E-state index contributed by atoms with van der Waals surface area (Å²) in [6.07, 6.45) is 0. The number of aryl methyl sites for hydroxylation is 2. The molecule has 0 saturated heterocycles. The van der Waals surface area contributed by atoms with Crippen molar-refractivity contribution in [2.45, 2.75) is 20.5 Å². The summed E-state index contributed by atoms with van der Waals surface area (Å²) < 4.78 is 6.91. The van der Waals surface area contributed by atoms with Crippen LogP contribution < -0.4 is 15.4 Å². The Morgan fingerprint density at radius 3 is 2.58 bits per heavy atom. The van der Waals surface area contributed by atoms with Gasteiger partial charge in [-0.2, -0.15) is 0 Å². The highest BCUT2D eigenvalue weighted by atomic mass is 32.1. The molecule has 1 aromatic heterocycles. The molecule has 7 heteroatoms. The third-order valence-corrected chi connectivity index (χ3v) is 6.04. The van der Waals surface area contributed by atoms with E-state index in [1.54, 1.807) is 18.2 Å². The first kappa shape index (κ1) is 21.0. The van der Waals surface area contributed by atoms with Gasteiger partial charge in [0.25, 0.3) is 5.91 Å². The van der Waals surface area contributed by atoms with E-state index in [1.807, 2.05) is 49.4 Å². The summed E-state index contributed by atoms with van der Waals surface area (Å²) in [4.78, 5) is 17.2. The predicted molar refractivity (Wildman–Crippen MR) is 130 cm³/mol. The highest BCUT2D eigenvalue weighted by Crippen LogP contribution is 2.30. The average molecular weight is 448 g/mol. The molecule has 0 bridgehead atoms. The molecule has 0 spiro atoms. The van der Waals surface area contributed by atoms with Crippen LogP contribution in [0.25, 0.3) is 10.2 Å². The molecule has 0 aliphatic carbocycles. The van der Waals surface area contributed by atoms with Crippen LogP contribution in [0.2, 0.25) is 0 Å². The summed E-state index contributed by atoms with van der Waals surface area (Å²) in [6, 6.07) is 21.0. The fourth-order valence-electron chi connectivity index (χ4n) is 3.08. The lowest BCUT2D eigenvalue weighted by atomic mass is 10.1. The first-order valence-corrected chi connectivity index (χ1v) is 11.0. The van der Waals surface area contributed by atoms with Crippen molar-refractivity contribution in [2.75, 3.05) is 5.32 Å². The lowest BCUT2D eigenvalue weighted by Crippen LogP contribution is -2.34. The largest absolute Gasteiger partial charge is 0.489 e. The molecule has 0 aliphatic heterocycles. The van der Waals surface area contributed by atoms with Gasteiger partial charge in [-0.15, -0.1) is 0 Å². The molecule has 5 nitrogen and oxygen atoms in total. The van der Waals surface area contributed by atoms with Crippen molar-refractivity contribution in [1.29, 1.82) is 0 Å². The number of anilines is 1. The van der Waals surface area contributed by atoms with Crippen LogP contribution in [0.5, 0.6) is 5.75 Å². The molecule has 0 saturated carbocycles. The molecule has 0 unspecified atom stereocenters. The molecular weight excluding hydrogens is 426 g/mol. The molecule has 3 aromatic carbocycles. The molecule has 1 amide bonds. The maximum absolute atomic E-state index is 12.6. The topological polar surface area (TPSA) is 63.2 Å². The summed E-state index contributed by atoms with van der Waals surface area (Å²) in [5.74, 6) is 0.309. The maximum atomic E-state index is 12.6. The molecule has 0 atom stereocenters. The molecule has 0 fully saturated rings. The van der Waals surface area contributed by atoms with E-state index in [-0.39, 0.29) is 11.0 Å². The van der Waals surface area contributed by atoms with Gasteiger partial charge < -0.3 is 10.1 Å². The fourth-order valence-corrected chi connectivity index (χ4v) is 4.35. The number of hydrogen-bond acceptors (Lipinski definition) is 5. The van der Waals surface area contributed by atoms with E-state index >= 15 is 0 Å². The normalized spacial score (nSPS) is 10.6. The number of ether oxygens (including phenoxy) is 1. The highest BCUT2D eigenvalue weighted by Gasteiger charge is 2.13. The van der Waals surface area contributed by atoms with Crippen LogP contribution in [-0.2, 0) is 6.61 Å². The first-order valence-electron chi connectivity index (χ1n) is 9.75. The molecule has 0 radical (unpaired) electrons. The zero-order valence-corrected chi connectivity index (χ0v) is 18.8. The van der Waals surface area contributed by atoms with Crippen molar-refractivity contribution in [3.8, 4) is 5.75 Å². The number of nitrogens with one attached hydrogen (secondary N) is 2. The number of amides is 1. The van der Waals surface area contributed by atoms with Crippen molar-refractivity contribution in [2.24, 2.45) is 0 Å². The highest BCUT2D eigenvalue weighted by molar-refractivity contribution is 7.80. The third-order valence-electron chi connectivity index (χ3n) is 4.73. The van der Waals surface area contributed by atoms with E-state index in [0.717, 1.165) is 26.9 Å². The Morgan fingerprint density at radius 2 is 1.81 bits per heavy atom. The van der Waals surface area contributed by atoms with Crippen LogP contribution in [0.15, 0.2) is 66.7 Å². The Balaban J connectivity index is 1.39. The van der Waals surface area contributed by atoms with Crippen LogP contribution in [0, 0.1) is 13.8 Å². The number of carbonyl (C=O) groups is 1. The number of thiocarbonyl (C=S) groups is 1. The number of hydrogen-bond donors (Lipinski definition) is 2. The summed E-state index contributed by atoms with van der Waals surface area (Å²) >= 11 is 6.84. The molecule has 2 N–H and O–H groups in total. The molecule has 0 aliphatic rings. The Bertz CT molecular complexity index is 1210. The Hall–Kier alpha value is -3.29. The number of nitrogens with zero attached hydrogens (tertiary/aromatic N) is 1. The molecule has 156 valence electrons. The summed E-state index contributed by atoms with van der Waals surface area (Å²) in [6.45, 7) is 4.51. The van der Waals surface area contributed by atoms with Crippen molar-refractivity contribution in [1.82, 2.24) is 10.3 Å². The SMILES string of the molecule is Cc1ccc(C)c2sc(NC(=S)NC(=O)c3cccc(OCc4ccccc4)c3)nc12. The van der Waals surface area contributed by atoms with Crippen LogP contribution in [0.4, 0.5) is 5.13 Å². The second-order valence-electron chi connectivity index (χ2n) is 7.11. The zero-order valence-electron chi connectivity index (χ0n) is 17.1. The minimum Gasteiger partial charge on any atom is -0.489 e. The van der Waals surface area contributed by atoms with Crippen LogP contribution in [0.1, 0.15) is 27.0 Å². The molecule has 31 heavy (non-hydrogen) atoms. The molecule has 4 rings (SSSR count). The van der Waals surface area contributed by atoms with Crippen LogP contribution >= 0.6 is 23.6 Å². The summed E-state index contributed by atoms with van der Waals surface area (Å²) in [5.41, 5.74) is 4.74. The number of rotatable bonds is 5. The van der Waals surface area contributed by atoms with Gasteiger partial charge in [0.05, 0.1) is 10.2 Å². The minimum absolute atomic E-state index is 0.204. The van der Waals surface area contributed by atoms with Gasteiger partial charge in [-0.25, -0.2) is 4.98 Å². The van der Waals surface area contributed by atoms with Crippen molar-refractivity contribution < 1.29 is 9.53 Å². The lowest BCUT2D eigenvalue weighted by Gasteiger charge is -2.10. The van der Waals surface area contributed by atoms with Gasteiger partial charge >= 0.3 is 0 Å². The van der Waals surface area contributed by atoms with Crippen molar-refractivity contribution in [3.63, 3.8) is 0 Å². The standard InChI is InChI=1S/C24H21N3O2S2/c1-15-11-12-16(2)21-20(15)25-24(31-21)27-23(30)26-22(28)18-9-6-10-19(13-18)29-14-17-7-4-3-5-8-17/h3-13H,14H2,1-2H3,(H2,25,26,27,28,30). The molecule has 1 heterocycles.